The van der Waals surface area contributed by atoms with E-state index in [0.29, 0.717) is 13.1 Å². The standard InChI is InChI=1S/C9H10BrFN2/c10-9-3-1-2-8(12-9)6-13-4-7(11)5-13/h1-3,7H,4-6H2. The van der Waals surface area contributed by atoms with Crippen LogP contribution in [0.2, 0.25) is 0 Å². The van der Waals surface area contributed by atoms with Gasteiger partial charge in [0.2, 0.25) is 0 Å². The van der Waals surface area contributed by atoms with Gasteiger partial charge in [-0.15, -0.1) is 0 Å². The van der Waals surface area contributed by atoms with E-state index in [2.05, 4.69) is 20.9 Å². The molecule has 13 heavy (non-hydrogen) atoms. The van der Waals surface area contributed by atoms with Crippen LogP contribution < -0.4 is 0 Å². The summed E-state index contributed by atoms with van der Waals surface area (Å²) in [7, 11) is 0. The molecule has 1 saturated heterocycles. The van der Waals surface area contributed by atoms with E-state index in [1.54, 1.807) is 0 Å². The fraction of sp³-hybridized carbons (Fsp3) is 0.444. The average Bonchev–Trinajstić information content (AvgIpc) is 2.01. The molecule has 1 aliphatic rings. The van der Waals surface area contributed by atoms with Gasteiger partial charge in [0.1, 0.15) is 10.8 Å². The third kappa shape index (κ3) is 2.25. The Kier molecular flexibility index (Phi) is 2.60. The lowest BCUT2D eigenvalue weighted by Crippen LogP contribution is -2.47. The van der Waals surface area contributed by atoms with Crippen molar-refractivity contribution in [2.45, 2.75) is 12.7 Å². The zero-order valence-electron chi connectivity index (χ0n) is 7.08. The van der Waals surface area contributed by atoms with Crippen LogP contribution in [0.1, 0.15) is 5.69 Å². The summed E-state index contributed by atoms with van der Waals surface area (Å²) >= 11 is 3.30. The van der Waals surface area contributed by atoms with Gasteiger partial charge in [0.25, 0.3) is 0 Å². The molecule has 0 atom stereocenters. The maximum atomic E-state index is 12.5. The van der Waals surface area contributed by atoms with Crippen LogP contribution in [0.25, 0.3) is 0 Å². The van der Waals surface area contributed by atoms with Gasteiger partial charge in [-0.25, -0.2) is 9.37 Å². The van der Waals surface area contributed by atoms with Crippen molar-refractivity contribution >= 4 is 15.9 Å². The topological polar surface area (TPSA) is 16.1 Å². The molecule has 2 heterocycles. The summed E-state index contributed by atoms with van der Waals surface area (Å²) in [4.78, 5) is 6.31. The molecule has 2 rings (SSSR count). The third-order valence-electron chi connectivity index (χ3n) is 2.07. The normalized spacial score (nSPS) is 18.6. The number of rotatable bonds is 2. The van der Waals surface area contributed by atoms with Crippen LogP contribution in [-0.2, 0) is 6.54 Å². The second-order valence-corrected chi connectivity index (χ2v) is 4.06. The maximum absolute atomic E-state index is 12.5. The first-order valence-electron chi connectivity index (χ1n) is 4.22. The molecule has 4 heteroatoms. The number of hydrogen-bond donors (Lipinski definition) is 0. The Morgan fingerprint density at radius 2 is 2.31 bits per heavy atom. The predicted molar refractivity (Wildman–Crippen MR) is 52.1 cm³/mol. The van der Waals surface area contributed by atoms with Crippen molar-refractivity contribution in [1.82, 2.24) is 9.88 Å². The Bertz CT molecular complexity index is 299. The summed E-state index contributed by atoms with van der Waals surface area (Å²) in [6, 6.07) is 5.78. The van der Waals surface area contributed by atoms with Crippen LogP contribution in [0.15, 0.2) is 22.8 Å². The highest BCUT2D eigenvalue weighted by Gasteiger charge is 2.25. The van der Waals surface area contributed by atoms with Crippen LogP contribution >= 0.6 is 15.9 Å². The molecule has 2 nitrogen and oxygen atoms in total. The van der Waals surface area contributed by atoms with Crippen LogP contribution in [0, 0.1) is 0 Å². The van der Waals surface area contributed by atoms with Crippen LogP contribution in [0.4, 0.5) is 4.39 Å². The van der Waals surface area contributed by atoms with Crippen molar-refractivity contribution in [2.75, 3.05) is 13.1 Å². The van der Waals surface area contributed by atoms with Gasteiger partial charge in [-0.1, -0.05) is 6.07 Å². The average molecular weight is 245 g/mol. The minimum Gasteiger partial charge on any atom is -0.292 e. The summed E-state index contributed by atoms with van der Waals surface area (Å²) in [6.45, 7) is 1.85. The Hall–Kier alpha value is -0.480. The van der Waals surface area contributed by atoms with Crippen molar-refractivity contribution in [3.8, 4) is 0 Å². The fourth-order valence-electron chi connectivity index (χ4n) is 1.40. The molecule has 0 saturated carbocycles. The number of nitrogens with zero attached hydrogens (tertiary/aromatic N) is 2. The summed E-state index contributed by atoms with van der Waals surface area (Å²) in [5, 5.41) is 0. The van der Waals surface area contributed by atoms with Gasteiger partial charge < -0.3 is 0 Å². The summed E-state index contributed by atoms with van der Waals surface area (Å²) in [6.07, 6.45) is -0.632. The molecule has 1 aliphatic heterocycles. The van der Waals surface area contributed by atoms with Gasteiger partial charge >= 0.3 is 0 Å². The van der Waals surface area contributed by atoms with E-state index in [-0.39, 0.29) is 0 Å². The number of aromatic nitrogens is 1. The SMILES string of the molecule is FC1CN(Cc2cccc(Br)n2)C1. The quantitative estimate of drug-likeness (QED) is 0.741. The van der Waals surface area contributed by atoms with Crippen molar-refractivity contribution in [2.24, 2.45) is 0 Å². The smallest absolute Gasteiger partial charge is 0.125 e. The highest BCUT2D eigenvalue weighted by Crippen LogP contribution is 2.15. The highest BCUT2D eigenvalue weighted by molar-refractivity contribution is 9.10. The van der Waals surface area contributed by atoms with E-state index in [4.69, 9.17) is 0 Å². The lowest BCUT2D eigenvalue weighted by atomic mass is 10.2. The van der Waals surface area contributed by atoms with Crippen LogP contribution in [0.3, 0.4) is 0 Å². The lowest BCUT2D eigenvalue weighted by Gasteiger charge is -2.33. The third-order valence-corrected chi connectivity index (χ3v) is 2.51. The Morgan fingerprint density at radius 3 is 2.92 bits per heavy atom. The van der Waals surface area contributed by atoms with Gasteiger partial charge in [-0.2, -0.15) is 0 Å². The maximum Gasteiger partial charge on any atom is 0.125 e. The lowest BCUT2D eigenvalue weighted by molar-refractivity contribution is 0.0580. The molecule has 0 aromatic carbocycles. The highest BCUT2D eigenvalue weighted by atomic mass is 79.9. The van der Waals surface area contributed by atoms with Gasteiger partial charge in [0.05, 0.1) is 5.69 Å². The van der Waals surface area contributed by atoms with Gasteiger partial charge in [-0.3, -0.25) is 4.90 Å². The van der Waals surface area contributed by atoms with E-state index in [1.165, 1.54) is 0 Å². The molecule has 0 unspecified atom stereocenters. The molecule has 0 aliphatic carbocycles. The largest absolute Gasteiger partial charge is 0.292 e. The van der Waals surface area contributed by atoms with Crippen LogP contribution in [0.5, 0.6) is 0 Å². The van der Waals surface area contributed by atoms with Gasteiger partial charge in [0.15, 0.2) is 0 Å². The van der Waals surface area contributed by atoms with Crippen molar-refractivity contribution in [3.63, 3.8) is 0 Å². The molecule has 1 aromatic heterocycles. The second-order valence-electron chi connectivity index (χ2n) is 3.24. The minimum atomic E-state index is -0.632. The molecule has 0 amide bonds. The van der Waals surface area contributed by atoms with Gasteiger partial charge in [-0.05, 0) is 28.1 Å². The van der Waals surface area contributed by atoms with Crippen molar-refractivity contribution in [1.29, 1.82) is 0 Å². The molecule has 0 spiro atoms. The first kappa shape index (κ1) is 9.09. The van der Waals surface area contributed by atoms with E-state index in [9.17, 15) is 4.39 Å². The second kappa shape index (κ2) is 3.72. The summed E-state index contributed by atoms with van der Waals surface area (Å²) in [5.74, 6) is 0. The molecule has 0 radical (unpaired) electrons. The number of hydrogen-bond acceptors (Lipinski definition) is 2. The monoisotopic (exact) mass is 244 g/mol. The van der Waals surface area contributed by atoms with Gasteiger partial charge in [0, 0.05) is 19.6 Å². The molecular weight excluding hydrogens is 235 g/mol. The zero-order chi connectivity index (χ0) is 9.26. The van der Waals surface area contributed by atoms with E-state index >= 15 is 0 Å². The molecule has 0 N–H and O–H groups in total. The van der Waals surface area contributed by atoms with Crippen molar-refractivity contribution in [3.05, 3.63) is 28.5 Å². The fourth-order valence-corrected chi connectivity index (χ4v) is 1.78. The van der Waals surface area contributed by atoms with Crippen molar-refractivity contribution < 1.29 is 4.39 Å². The Morgan fingerprint density at radius 1 is 1.54 bits per heavy atom. The molecule has 0 bridgehead atoms. The minimum absolute atomic E-state index is 0.550. The number of alkyl halides is 1. The summed E-state index contributed by atoms with van der Waals surface area (Å²) in [5.41, 5.74) is 0.987. The van der Waals surface area contributed by atoms with E-state index < -0.39 is 6.17 Å². The molecule has 1 fully saturated rings. The van der Waals surface area contributed by atoms with Crippen LogP contribution in [-0.4, -0.2) is 29.1 Å². The number of halogens is 2. The van der Waals surface area contributed by atoms with E-state index in [0.717, 1.165) is 16.8 Å². The molecular formula is C9H10BrFN2. The zero-order valence-corrected chi connectivity index (χ0v) is 8.67. The molecule has 70 valence electrons. The number of pyridine rings is 1. The predicted octanol–water partition coefficient (Wildman–Crippen LogP) is 2.00. The van der Waals surface area contributed by atoms with E-state index in [1.807, 2.05) is 23.1 Å². The first-order valence-corrected chi connectivity index (χ1v) is 5.01. The molecule has 1 aromatic rings. The Balaban J connectivity index is 1.94. The first-order chi connectivity index (χ1) is 6.24. The summed E-state index contributed by atoms with van der Waals surface area (Å²) < 4.78 is 13.3. The Labute approximate surface area is 84.9 Å². The number of likely N-dealkylation sites (tertiary alicyclic amines) is 1.